The summed E-state index contributed by atoms with van der Waals surface area (Å²) in [7, 11) is 0. The minimum atomic E-state index is 0.764. The molecule has 3 rings (SSSR count). The Hall–Kier alpha value is -1.94. The molecule has 0 atom stereocenters. The Balaban J connectivity index is 1.73. The lowest BCUT2D eigenvalue weighted by molar-refractivity contribution is 1.42. The number of rotatable bonds is 6. The second-order valence-corrected chi connectivity index (χ2v) is 7.76. The van der Waals surface area contributed by atoms with E-state index in [1.165, 1.54) is 5.56 Å². The molecule has 0 spiro atoms. The van der Waals surface area contributed by atoms with Crippen LogP contribution in [0.25, 0.3) is 0 Å². The van der Waals surface area contributed by atoms with Crippen LogP contribution in [0.3, 0.4) is 0 Å². The first kappa shape index (κ1) is 18.8. The summed E-state index contributed by atoms with van der Waals surface area (Å²) in [6.07, 6.45) is 2.05. The van der Waals surface area contributed by atoms with Gasteiger partial charge in [0.15, 0.2) is 0 Å². The lowest BCUT2D eigenvalue weighted by atomic mass is 10.2. The standard InChI is InChI=1S/C22H18ClNS2/c23-20-13-7-8-14-21(20)25-16-15-22(24-19-11-5-2-6-12-19)26-17-18-9-3-1-4-10-18/h1-16H,17H2. The fraction of sp³-hybridized carbons (Fsp3) is 0.0455. The van der Waals surface area contributed by atoms with Crippen LogP contribution < -0.4 is 0 Å². The molecule has 0 bridgehead atoms. The van der Waals surface area contributed by atoms with Crippen LogP contribution in [0.2, 0.25) is 5.02 Å². The summed E-state index contributed by atoms with van der Waals surface area (Å²) in [5.41, 5.74) is 2.24. The molecule has 130 valence electrons. The van der Waals surface area contributed by atoms with Gasteiger partial charge in [0.2, 0.25) is 0 Å². The van der Waals surface area contributed by atoms with Crippen molar-refractivity contribution in [3.8, 4) is 0 Å². The molecule has 0 radical (unpaired) electrons. The molecule has 0 aliphatic heterocycles. The van der Waals surface area contributed by atoms with Crippen molar-refractivity contribution in [2.75, 3.05) is 0 Å². The zero-order valence-corrected chi connectivity index (χ0v) is 16.5. The van der Waals surface area contributed by atoms with Gasteiger partial charge in [0.25, 0.3) is 0 Å². The van der Waals surface area contributed by atoms with Crippen molar-refractivity contribution in [3.63, 3.8) is 0 Å². The molecule has 0 fully saturated rings. The van der Waals surface area contributed by atoms with E-state index in [1.807, 2.05) is 66.1 Å². The number of thioether (sulfide) groups is 2. The molecule has 1 nitrogen and oxygen atoms in total. The number of nitrogens with zero attached hydrogens (tertiary/aromatic N) is 1. The smallest absolute Gasteiger partial charge is 0.0975 e. The summed E-state index contributed by atoms with van der Waals surface area (Å²) in [5, 5.41) is 3.78. The van der Waals surface area contributed by atoms with Gasteiger partial charge in [-0.05, 0) is 41.3 Å². The SMILES string of the molecule is Clc1ccccc1SC=CC(=Nc1ccccc1)SCc1ccccc1. The fourth-order valence-corrected chi connectivity index (χ4v) is 4.06. The number of para-hydroxylation sites is 1. The zero-order valence-electron chi connectivity index (χ0n) is 14.1. The molecule has 3 aromatic rings. The van der Waals surface area contributed by atoms with Crippen LogP contribution >= 0.6 is 35.1 Å². The highest BCUT2D eigenvalue weighted by Crippen LogP contribution is 2.28. The van der Waals surface area contributed by atoms with E-state index in [1.54, 1.807) is 23.5 Å². The van der Waals surface area contributed by atoms with E-state index in [2.05, 4.69) is 30.3 Å². The second-order valence-electron chi connectivity index (χ2n) is 5.41. The summed E-state index contributed by atoms with van der Waals surface area (Å²) in [4.78, 5) is 5.81. The third kappa shape index (κ3) is 6.10. The van der Waals surface area contributed by atoms with E-state index in [0.29, 0.717) is 0 Å². The van der Waals surface area contributed by atoms with Crippen molar-refractivity contribution in [2.45, 2.75) is 10.6 Å². The van der Waals surface area contributed by atoms with Crippen molar-refractivity contribution < 1.29 is 0 Å². The van der Waals surface area contributed by atoms with Crippen LogP contribution in [0, 0.1) is 0 Å². The largest absolute Gasteiger partial charge is 0.242 e. The Morgan fingerprint density at radius 1 is 0.846 bits per heavy atom. The van der Waals surface area contributed by atoms with Crippen LogP contribution in [0.4, 0.5) is 5.69 Å². The summed E-state index contributed by atoms with van der Waals surface area (Å²) in [6, 6.07) is 28.3. The topological polar surface area (TPSA) is 12.4 Å². The number of benzene rings is 3. The third-order valence-corrected chi connectivity index (χ3v) is 5.79. The monoisotopic (exact) mass is 395 g/mol. The molecule has 0 N–H and O–H groups in total. The van der Waals surface area contributed by atoms with E-state index in [0.717, 1.165) is 26.4 Å². The molecule has 0 aromatic heterocycles. The van der Waals surface area contributed by atoms with Gasteiger partial charge in [0, 0.05) is 10.6 Å². The summed E-state index contributed by atoms with van der Waals surface area (Å²) in [5.74, 6) is 0.883. The molecular formula is C22H18ClNS2. The average Bonchev–Trinajstić information content (AvgIpc) is 2.69. The van der Waals surface area contributed by atoms with Gasteiger partial charge < -0.3 is 0 Å². The average molecular weight is 396 g/mol. The third-order valence-electron chi connectivity index (χ3n) is 3.47. The van der Waals surface area contributed by atoms with Crippen molar-refractivity contribution >= 4 is 45.9 Å². The Bertz CT molecular complexity index is 877. The van der Waals surface area contributed by atoms with Gasteiger partial charge in [0.05, 0.1) is 15.8 Å². The second kappa shape index (κ2) is 10.3. The molecule has 0 saturated carbocycles. The maximum absolute atomic E-state index is 6.22. The fourth-order valence-electron chi connectivity index (χ4n) is 2.18. The first-order chi connectivity index (χ1) is 12.8. The summed E-state index contributed by atoms with van der Waals surface area (Å²) >= 11 is 9.55. The number of hydrogen-bond donors (Lipinski definition) is 0. The summed E-state index contributed by atoms with van der Waals surface area (Å²) in [6.45, 7) is 0. The maximum Gasteiger partial charge on any atom is 0.0975 e. The minimum absolute atomic E-state index is 0.764. The van der Waals surface area contributed by atoms with E-state index >= 15 is 0 Å². The maximum atomic E-state index is 6.22. The van der Waals surface area contributed by atoms with Gasteiger partial charge >= 0.3 is 0 Å². The van der Waals surface area contributed by atoms with Crippen molar-refractivity contribution in [1.82, 2.24) is 0 Å². The molecular weight excluding hydrogens is 378 g/mol. The van der Waals surface area contributed by atoms with Crippen LogP contribution in [-0.2, 0) is 5.75 Å². The van der Waals surface area contributed by atoms with Gasteiger partial charge in [-0.2, -0.15) is 0 Å². The Morgan fingerprint density at radius 2 is 1.50 bits per heavy atom. The van der Waals surface area contributed by atoms with Gasteiger partial charge in [-0.25, -0.2) is 4.99 Å². The molecule has 0 unspecified atom stereocenters. The number of hydrogen-bond acceptors (Lipinski definition) is 3. The Labute approximate surface area is 168 Å². The van der Waals surface area contributed by atoms with E-state index in [4.69, 9.17) is 16.6 Å². The predicted octanol–water partition coefficient (Wildman–Crippen LogP) is 7.61. The predicted molar refractivity (Wildman–Crippen MR) is 118 cm³/mol. The minimum Gasteiger partial charge on any atom is -0.242 e. The molecule has 4 heteroatoms. The van der Waals surface area contributed by atoms with Crippen LogP contribution in [0.1, 0.15) is 5.56 Å². The molecule has 0 saturated heterocycles. The first-order valence-corrected chi connectivity index (χ1v) is 10.4. The highest BCUT2D eigenvalue weighted by atomic mass is 35.5. The van der Waals surface area contributed by atoms with E-state index in [9.17, 15) is 0 Å². The summed E-state index contributed by atoms with van der Waals surface area (Å²) < 4.78 is 0. The van der Waals surface area contributed by atoms with Gasteiger partial charge in [-0.15, -0.1) is 11.8 Å². The van der Waals surface area contributed by atoms with Crippen LogP contribution in [-0.4, -0.2) is 5.04 Å². The molecule has 0 heterocycles. The molecule has 26 heavy (non-hydrogen) atoms. The lowest BCUT2D eigenvalue weighted by Crippen LogP contribution is -1.89. The Kier molecular flexibility index (Phi) is 7.44. The van der Waals surface area contributed by atoms with Crippen molar-refractivity contribution in [3.05, 3.63) is 107 Å². The lowest BCUT2D eigenvalue weighted by Gasteiger charge is -2.04. The molecule has 0 aliphatic carbocycles. The van der Waals surface area contributed by atoms with Crippen LogP contribution in [0.15, 0.2) is 106 Å². The van der Waals surface area contributed by atoms with E-state index in [-0.39, 0.29) is 0 Å². The number of aliphatic imine (C=N–C) groups is 1. The highest BCUT2D eigenvalue weighted by Gasteiger charge is 2.01. The van der Waals surface area contributed by atoms with Gasteiger partial charge in [-0.1, -0.05) is 84.0 Å². The van der Waals surface area contributed by atoms with Gasteiger partial charge in [-0.3, -0.25) is 0 Å². The Morgan fingerprint density at radius 3 is 2.23 bits per heavy atom. The van der Waals surface area contributed by atoms with Crippen LogP contribution in [0.5, 0.6) is 0 Å². The number of halogens is 1. The van der Waals surface area contributed by atoms with Crippen molar-refractivity contribution in [2.24, 2.45) is 4.99 Å². The zero-order chi connectivity index (χ0) is 18.0. The molecule has 3 aromatic carbocycles. The normalized spacial score (nSPS) is 11.8. The molecule has 0 aliphatic rings. The highest BCUT2D eigenvalue weighted by molar-refractivity contribution is 8.13. The first-order valence-electron chi connectivity index (χ1n) is 8.19. The van der Waals surface area contributed by atoms with E-state index < -0.39 is 0 Å². The quantitative estimate of drug-likeness (QED) is 0.242. The van der Waals surface area contributed by atoms with Crippen molar-refractivity contribution in [1.29, 1.82) is 0 Å². The van der Waals surface area contributed by atoms with Gasteiger partial charge in [0.1, 0.15) is 0 Å². The molecule has 0 amide bonds.